The molecule has 0 saturated heterocycles. The Morgan fingerprint density at radius 3 is 1.87 bits per heavy atom. The summed E-state index contributed by atoms with van der Waals surface area (Å²) in [5.74, 6) is 1.82. The zero-order valence-corrected chi connectivity index (χ0v) is 28.5. The van der Waals surface area contributed by atoms with E-state index in [1.807, 2.05) is 24.3 Å². The summed E-state index contributed by atoms with van der Waals surface area (Å²) in [5.41, 5.74) is 9.62. The van der Waals surface area contributed by atoms with Gasteiger partial charge in [0.1, 0.15) is 19.6 Å². The van der Waals surface area contributed by atoms with Crippen LogP contribution in [0, 0.1) is 0 Å². The second-order valence-corrected chi connectivity index (χ2v) is 20.0. The summed E-state index contributed by atoms with van der Waals surface area (Å²) in [5, 5.41) is 2.49. The quantitative estimate of drug-likeness (QED) is 0.176. The van der Waals surface area contributed by atoms with Gasteiger partial charge in [0, 0.05) is 22.2 Å². The molecule has 0 spiro atoms. The van der Waals surface area contributed by atoms with Gasteiger partial charge in [0.15, 0.2) is 0 Å². The average Bonchev–Trinajstić information content (AvgIpc) is 3.31. The monoisotopic (exact) mass is 647 g/mol. The van der Waals surface area contributed by atoms with E-state index in [0.29, 0.717) is 9.79 Å². The Bertz CT molecular complexity index is 2380. The number of nitrogens with zero attached hydrogens (tertiary/aromatic N) is 1. The predicted molar refractivity (Wildman–Crippen MR) is 193 cm³/mol. The first-order valence-corrected chi connectivity index (χ1v) is 20.5. The van der Waals surface area contributed by atoms with Crippen molar-refractivity contribution in [2.24, 2.45) is 0 Å². The number of benzene rings is 6. The minimum Gasteiger partial charge on any atom is -0.458 e. The van der Waals surface area contributed by atoms with Crippen LogP contribution in [0.4, 0.5) is 17.1 Å². The molecule has 0 saturated carbocycles. The van der Waals surface area contributed by atoms with E-state index in [9.17, 15) is 8.42 Å². The van der Waals surface area contributed by atoms with Crippen LogP contribution in [0.5, 0.6) is 11.5 Å². The van der Waals surface area contributed by atoms with Crippen molar-refractivity contribution in [2.75, 3.05) is 4.90 Å². The van der Waals surface area contributed by atoms with Crippen LogP contribution in [-0.4, -0.2) is 16.5 Å². The predicted octanol–water partition coefficient (Wildman–Crippen LogP) is 9.20. The van der Waals surface area contributed by atoms with Crippen molar-refractivity contribution in [3.8, 4) is 33.8 Å². The Balaban J connectivity index is 1.15. The van der Waals surface area contributed by atoms with E-state index in [1.165, 1.54) is 32.9 Å². The summed E-state index contributed by atoms with van der Waals surface area (Å²) < 4.78 is 33.0. The number of anilines is 3. The lowest BCUT2D eigenvalue weighted by atomic mass is 9.73. The highest BCUT2D eigenvalue weighted by Crippen LogP contribution is 2.52. The maximum atomic E-state index is 13.2. The van der Waals surface area contributed by atoms with Crippen LogP contribution < -0.4 is 20.0 Å². The third-order valence-electron chi connectivity index (χ3n) is 10.5. The van der Waals surface area contributed by atoms with E-state index < -0.39 is 17.9 Å². The number of hydrogen-bond donors (Lipinski definition) is 0. The van der Waals surface area contributed by atoms with Gasteiger partial charge in [-0.25, -0.2) is 8.42 Å². The smallest absolute Gasteiger partial charge is 0.207 e. The first-order valence-electron chi connectivity index (χ1n) is 16.0. The molecular weight excluding hydrogens is 615 g/mol. The van der Waals surface area contributed by atoms with Crippen LogP contribution in [-0.2, 0) is 15.3 Å². The molecule has 3 aliphatic rings. The minimum absolute atomic E-state index is 0.117. The van der Waals surface area contributed by atoms with Crippen LogP contribution in [0.2, 0.25) is 13.1 Å². The third-order valence-corrected chi connectivity index (χ3v) is 15.8. The molecule has 0 N–H and O–H groups in total. The molecule has 0 aliphatic carbocycles. The molecule has 4 nitrogen and oxygen atoms in total. The second kappa shape index (κ2) is 9.56. The SMILES string of the molecule is CC1(C)c2ccccc2N(c2ccc3c(c2)[Si](C)(C)c2cc(-c4ccc5c(c4)-c4ccccc4S5(=O)=O)ccc2O3)c2ccccc21. The first kappa shape index (κ1) is 28.3. The lowest BCUT2D eigenvalue weighted by Crippen LogP contribution is -2.56. The highest BCUT2D eigenvalue weighted by Gasteiger charge is 2.40. The van der Waals surface area contributed by atoms with Crippen molar-refractivity contribution in [2.45, 2.75) is 42.1 Å². The minimum atomic E-state index is -3.50. The van der Waals surface area contributed by atoms with Crippen molar-refractivity contribution in [3.63, 3.8) is 0 Å². The molecule has 3 heterocycles. The molecular formula is C41H33NO3SSi. The highest BCUT2D eigenvalue weighted by atomic mass is 32.2. The zero-order chi connectivity index (χ0) is 32.3. The van der Waals surface area contributed by atoms with Gasteiger partial charge in [0.2, 0.25) is 9.84 Å². The molecule has 9 rings (SSSR count). The molecule has 6 aromatic carbocycles. The van der Waals surface area contributed by atoms with Gasteiger partial charge in [-0.15, -0.1) is 0 Å². The van der Waals surface area contributed by atoms with Crippen LogP contribution in [0.15, 0.2) is 137 Å². The molecule has 0 fully saturated rings. The Kier molecular flexibility index (Phi) is 5.76. The van der Waals surface area contributed by atoms with E-state index in [1.54, 1.807) is 18.2 Å². The van der Waals surface area contributed by atoms with Gasteiger partial charge in [0.05, 0.1) is 21.2 Å². The maximum absolute atomic E-state index is 13.2. The topological polar surface area (TPSA) is 46.6 Å². The molecule has 230 valence electrons. The molecule has 0 atom stereocenters. The van der Waals surface area contributed by atoms with Gasteiger partial charge in [-0.3, -0.25) is 0 Å². The molecule has 0 radical (unpaired) electrons. The van der Waals surface area contributed by atoms with Crippen molar-refractivity contribution in [3.05, 3.63) is 139 Å². The van der Waals surface area contributed by atoms with Gasteiger partial charge in [-0.1, -0.05) is 99.7 Å². The lowest BCUT2D eigenvalue weighted by molar-refractivity contribution is 0.487. The van der Waals surface area contributed by atoms with Crippen molar-refractivity contribution in [1.82, 2.24) is 0 Å². The number of rotatable bonds is 2. The fourth-order valence-corrected chi connectivity index (χ4v) is 12.4. The Morgan fingerprint density at radius 1 is 0.596 bits per heavy atom. The van der Waals surface area contributed by atoms with Gasteiger partial charge in [-0.2, -0.15) is 0 Å². The molecule has 3 aliphatic heterocycles. The van der Waals surface area contributed by atoms with Crippen molar-refractivity contribution < 1.29 is 13.2 Å². The summed E-state index contributed by atoms with van der Waals surface area (Å²) in [6.45, 7) is 9.42. The first-order chi connectivity index (χ1) is 22.6. The van der Waals surface area contributed by atoms with Gasteiger partial charge < -0.3 is 9.64 Å². The number of fused-ring (bicyclic) bond motifs is 7. The van der Waals surface area contributed by atoms with E-state index >= 15 is 0 Å². The molecule has 0 amide bonds. The Labute approximate surface area is 276 Å². The highest BCUT2D eigenvalue weighted by molar-refractivity contribution is 7.92. The molecule has 47 heavy (non-hydrogen) atoms. The van der Waals surface area contributed by atoms with Gasteiger partial charge >= 0.3 is 0 Å². The molecule has 0 unspecified atom stereocenters. The van der Waals surface area contributed by atoms with E-state index in [2.05, 4.69) is 117 Å². The van der Waals surface area contributed by atoms with E-state index in [-0.39, 0.29) is 5.41 Å². The normalized spacial score (nSPS) is 16.9. The van der Waals surface area contributed by atoms with E-state index in [4.69, 9.17) is 4.74 Å². The maximum Gasteiger partial charge on any atom is 0.207 e. The van der Waals surface area contributed by atoms with Crippen LogP contribution in [0.3, 0.4) is 0 Å². The second-order valence-electron chi connectivity index (χ2n) is 13.8. The molecule has 0 bridgehead atoms. The van der Waals surface area contributed by atoms with E-state index in [0.717, 1.165) is 39.4 Å². The van der Waals surface area contributed by atoms with Crippen molar-refractivity contribution >= 4 is 45.3 Å². The average molecular weight is 648 g/mol. The summed E-state index contributed by atoms with van der Waals surface area (Å²) >= 11 is 0. The standard InChI is InChI=1S/C41H33NO3SSi/c1-41(2)31-12-6-8-14-33(31)42(34-15-9-7-13-32(34)41)28-19-21-36-40(25-28)47(3,4)39-24-27(17-20-35(39)45-36)26-18-22-38-30(23-26)29-11-5-10-16-37(29)46(38,43)44/h5-25H,1-4H3. The van der Waals surface area contributed by atoms with Crippen molar-refractivity contribution in [1.29, 1.82) is 0 Å². The molecule has 6 aromatic rings. The fraction of sp³-hybridized carbons (Fsp3) is 0.122. The number of ether oxygens (including phenoxy) is 1. The summed E-state index contributed by atoms with van der Waals surface area (Å²) in [7, 11) is -5.76. The lowest BCUT2D eigenvalue weighted by Gasteiger charge is -2.42. The summed E-state index contributed by atoms with van der Waals surface area (Å²) in [6, 6.07) is 43.6. The Hall–Kier alpha value is -4.91. The third kappa shape index (κ3) is 3.89. The van der Waals surface area contributed by atoms with Gasteiger partial charge in [-0.05, 0) is 87.2 Å². The zero-order valence-electron chi connectivity index (χ0n) is 26.7. The number of para-hydroxylation sites is 2. The summed E-state index contributed by atoms with van der Waals surface area (Å²) in [4.78, 5) is 3.17. The number of sulfone groups is 1. The van der Waals surface area contributed by atoms with Crippen LogP contribution in [0.1, 0.15) is 25.0 Å². The summed E-state index contributed by atoms with van der Waals surface area (Å²) in [6.07, 6.45) is 0. The number of hydrogen-bond acceptors (Lipinski definition) is 4. The van der Waals surface area contributed by atoms with Gasteiger partial charge in [0.25, 0.3) is 0 Å². The largest absolute Gasteiger partial charge is 0.458 e. The Morgan fingerprint density at radius 2 is 1.15 bits per heavy atom. The van der Waals surface area contributed by atoms with Crippen LogP contribution in [0.25, 0.3) is 22.3 Å². The molecule has 6 heteroatoms. The van der Waals surface area contributed by atoms with Crippen LogP contribution >= 0.6 is 0 Å². The fourth-order valence-electron chi connectivity index (χ4n) is 7.93. The molecule has 0 aromatic heterocycles.